The normalized spacial score (nSPS) is 12.8. The molecule has 0 radical (unpaired) electrons. The zero-order valence-corrected chi connectivity index (χ0v) is 11.4. The summed E-state index contributed by atoms with van der Waals surface area (Å²) in [6, 6.07) is 4.85. The second kappa shape index (κ2) is 7.25. The van der Waals surface area contributed by atoms with Crippen LogP contribution in [0.2, 0.25) is 0 Å². The Bertz CT molecular complexity index is 402. The molecule has 1 aromatic carbocycles. The molecule has 0 saturated carbocycles. The molecular formula is C13H20F2N2O2. The third-order valence-electron chi connectivity index (χ3n) is 2.79. The summed E-state index contributed by atoms with van der Waals surface area (Å²) in [6.07, 6.45) is -2.37. The van der Waals surface area contributed by atoms with Gasteiger partial charge in [0.2, 0.25) is 0 Å². The molecule has 19 heavy (non-hydrogen) atoms. The van der Waals surface area contributed by atoms with Crippen molar-refractivity contribution >= 4 is 0 Å². The number of alkyl halides is 2. The zero-order chi connectivity index (χ0) is 14.4. The van der Waals surface area contributed by atoms with E-state index in [0.717, 1.165) is 5.56 Å². The van der Waals surface area contributed by atoms with Crippen LogP contribution in [-0.2, 0) is 0 Å². The van der Waals surface area contributed by atoms with E-state index in [1.165, 1.54) is 4.90 Å². The van der Waals surface area contributed by atoms with Crippen molar-refractivity contribution in [2.45, 2.75) is 12.5 Å². The minimum Gasteiger partial charge on any atom is -0.497 e. The van der Waals surface area contributed by atoms with Crippen LogP contribution in [0.5, 0.6) is 11.5 Å². The molecule has 0 amide bonds. The summed E-state index contributed by atoms with van der Waals surface area (Å²) in [7, 11) is 4.71. The Morgan fingerprint density at radius 3 is 2.42 bits per heavy atom. The van der Waals surface area contributed by atoms with Crippen LogP contribution in [0.4, 0.5) is 8.78 Å². The van der Waals surface area contributed by atoms with E-state index in [1.807, 2.05) is 0 Å². The van der Waals surface area contributed by atoms with Crippen LogP contribution in [0.3, 0.4) is 0 Å². The predicted molar refractivity (Wildman–Crippen MR) is 70.0 cm³/mol. The minimum absolute atomic E-state index is 0.306. The van der Waals surface area contributed by atoms with Gasteiger partial charge in [0.15, 0.2) is 0 Å². The van der Waals surface area contributed by atoms with Crippen molar-refractivity contribution in [3.8, 4) is 11.5 Å². The lowest BCUT2D eigenvalue weighted by Crippen LogP contribution is -2.32. The van der Waals surface area contributed by atoms with Gasteiger partial charge in [-0.3, -0.25) is 4.90 Å². The fraction of sp³-hybridized carbons (Fsp3) is 0.538. The highest BCUT2D eigenvalue weighted by molar-refractivity contribution is 5.42. The molecule has 1 atom stereocenters. The van der Waals surface area contributed by atoms with Crippen LogP contribution < -0.4 is 15.2 Å². The lowest BCUT2D eigenvalue weighted by molar-refractivity contribution is 0.0977. The number of benzene rings is 1. The monoisotopic (exact) mass is 274 g/mol. The number of rotatable bonds is 7. The number of halogens is 2. The number of nitrogens with zero attached hydrogens (tertiary/aromatic N) is 1. The topological polar surface area (TPSA) is 47.7 Å². The van der Waals surface area contributed by atoms with Gasteiger partial charge in [0.1, 0.15) is 11.5 Å². The highest BCUT2D eigenvalue weighted by Gasteiger charge is 2.17. The van der Waals surface area contributed by atoms with Gasteiger partial charge in [-0.2, -0.15) is 0 Å². The standard InChI is InChI=1S/C13H20F2N2O2/c1-17(8-13(14)15)7-11(16)10-6-9(18-2)4-5-12(10)19-3/h4-6,11,13H,7-8,16H2,1-3H3. The van der Waals surface area contributed by atoms with Gasteiger partial charge in [0.05, 0.1) is 20.8 Å². The Morgan fingerprint density at radius 2 is 1.89 bits per heavy atom. The fourth-order valence-electron chi connectivity index (χ4n) is 1.87. The number of ether oxygens (including phenoxy) is 2. The number of nitrogens with two attached hydrogens (primary N) is 1. The molecular weight excluding hydrogens is 254 g/mol. The maximum atomic E-state index is 12.3. The molecule has 0 bridgehead atoms. The summed E-state index contributed by atoms with van der Waals surface area (Å²) < 4.78 is 34.9. The molecule has 1 aromatic rings. The van der Waals surface area contributed by atoms with Crippen LogP contribution in [0.25, 0.3) is 0 Å². The first-order chi connectivity index (χ1) is 8.97. The Hall–Kier alpha value is -1.40. The van der Waals surface area contributed by atoms with Gasteiger partial charge < -0.3 is 15.2 Å². The molecule has 0 heterocycles. The summed E-state index contributed by atoms with van der Waals surface area (Å²) in [5.74, 6) is 1.28. The number of methoxy groups -OCH3 is 2. The van der Waals surface area contributed by atoms with Crippen molar-refractivity contribution in [2.75, 3.05) is 34.4 Å². The second-order valence-corrected chi connectivity index (χ2v) is 4.33. The van der Waals surface area contributed by atoms with E-state index in [4.69, 9.17) is 15.2 Å². The molecule has 0 spiro atoms. The van der Waals surface area contributed by atoms with Crippen molar-refractivity contribution in [3.63, 3.8) is 0 Å². The Labute approximate surface area is 112 Å². The minimum atomic E-state index is -2.37. The van der Waals surface area contributed by atoms with E-state index in [0.29, 0.717) is 18.0 Å². The number of hydrogen-bond donors (Lipinski definition) is 1. The van der Waals surface area contributed by atoms with E-state index in [2.05, 4.69) is 0 Å². The molecule has 2 N–H and O–H groups in total. The van der Waals surface area contributed by atoms with Crippen LogP contribution in [0.1, 0.15) is 11.6 Å². The van der Waals surface area contributed by atoms with Crippen molar-refractivity contribution in [2.24, 2.45) is 5.73 Å². The van der Waals surface area contributed by atoms with Gasteiger partial charge >= 0.3 is 0 Å². The van der Waals surface area contributed by atoms with Crippen LogP contribution in [0, 0.1) is 0 Å². The maximum absolute atomic E-state index is 12.3. The summed E-state index contributed by atoms with van der Waals surface area (Å²) in [5.41, 5.74) is 6.79. The lowest BCUT2D eigenvalue weighted by Gasteiger charge is -2.22. The van der Waals surface area contributed by atoms with Gasteiger partial charge in [0.25, 0.3) is 6.43 Å². The SMILES string of the molecule is COc1ccc(OC)c(C(N)CN(C)CC(F)F)c1. The molecule has 1 unspecified atom stereocenters. The third kappa shape index (κ3) is 4.65. The van der Waals surface area contributed by atoms with Crippen LogP contribution in [0.15, 0.2) is 18.2 Å². The quantitative estimate of drug-likeness (QED) is 0.825. The smallest absolute Gasteiger partial charge is 0.251 e. The first-order valence-corrected chi connectivity index (χ1v) is 5.92. The van der Waals surface area contributed by atoms with Gasteiger partial charge in [0, 0.05) is 18.2 Å². The van der Waals surface area contributed by atoms with E-state index in [9.17, 15) is 8.78 Å². The molecule has 108 valence electrons. The van der Waals surface area contributed by atoms with Gasteiger partial charge in [-0.25, -0.2) is 8.78 Å². The van der Waals surface area contributed by atoms with Gasteiger partial charge in [-0.1, -0.05) is 0 Å². The molecule has 4 nitrogen and oxygen atoms in total. The van der Waals surface area contributed by atoms with E-state index < -0.39 is 12.5 Å². The third-order valence-corrected chi connectivity index (χ3v) is 2.79. The largest absolute Gasteiger partial charge is 0.497 e. The number of likely N-dealkylation sites (N-methyl/N-ethyl adjacent to an activating group) is 1. The molecule has 0 fully saturated rings. The van der Waals surface area contributed by atoms with E-state index in [-0.39, 0.29) is 6.54 Å². The van der Waals surface area contributed by atoms with E-state index in [1.54, 1.807) is 39.5 Å². The Balaban J connectivity index is 2.82. The summed E-state index contributed by atoms with van der Waals surface area (Å²) in [5, 5.41) is 0. The highest BCUT2D eigenvalue weighted by Crippen LogP contribution is 2.28. The molecule has 6 heteroatoms. The van der Waals surface area contributed by atoms with Crippen LogP contribution in [-0.4, -0.2) is 45.7 Å². The Kier molecular flexibility index (Phi) is 5.98. The average molecular weight is 274 g/mol. The highest BCUT2D eigenvalue weighted by atomic mass is 19.3. The Morgan fingerprint density at radius 1 is 1.21 bits per heavy atom. The van der Waals surface area contributed by atoms with Crippen molar-refractivity contribution in [1.82, 2.24) is 4.90 Å². The maximum Gasteiger partial charge on any atom is 0.251 e. The summed E-state index contributed by atoms with van der Waals surface area (Å²) in [6.45, 7) is 0.00779. The van der Waals surface area contributed by atoms with Gasteiger partial charge in [-0.15, -0.1) is 0 Å². The second-order valence-electron chi connectivity index (χ2n) is 4.33. The molecule has 0 aliphatic rings. The molecule has 1 rings (SSSR count). The van der Waals surface area contributed by atoms with Gasteiger partial charge in [-0.05, 0) is 25.2 Å². The van der Waals surface area contributed by atoms with Crippen LogP contribution >= 0.6 is 0 Å². The van der Waals surface area contributed by atoms with Crippen molar-refractivity contribution in [1.29, 1.82) is 0 Å². The molecule has 0 aliphatic heterocycles. The summed E-state index contributed by atoms with van der Waals surface area (Å²) in [4.78, 5) is 1.49. The predicted octanol–water partition coefficient (Wildman–Crippen LogP) is 1.90. The molecule has 0 aromatic heterocycles. The van der Waals surface area contributed by atoms with Crippen molar-refractivity contribution in [3.05, 3.63) is 23.8 Å². The molecule has 0 aliphatic carbocycles. The first kappa shape index (κ1) is 15.7. The number of hydrogen-bond acceptors (Lipinski definition) is 4. The first-order valence-electron chi connectivity index (χ1n) is 5.92. The zero-order valence-electron chi connectivity index (χ0n) is 11.4. The molecule has 0 saturated heterocycles. The fourth-order valence-corrected chi connectivity index (χ4v) is 1.87. The lowest BCUT2D eigenvalue weighted by atomic mass is 10.1. The average Bonchev–Trinajstić information content (AvgIpc) is 2.36. The summed E-state index contributed by atoms with van der Waals surface area (Å²) >= 11 is 0. The van der Waals surface area contributed by atoms with E-state index >= 15 is 0 Å². The van der Waals surface area contributed by atoms with Crippen molar-refractivity contribution < 1.29 is 18.3 Å².